The van der Waals surface area contributed by atoms with Gasteiger partial charge in [0.15, 0.2) is 5.69 Å². The minimum absolute atomic E-state index is 0.0760. The Labute approximate surface area is 142 Å². The lowest BCUT2D eigenvalue weighted by Crippen LogP contribution is -2.24. The van der Waals surface area contributed by atoms with Gasteiger partial charge in [-0.25, -0.2) is 0 Å². The molecule has 7 nitrogen and oxygen atoms in total. The van der Waals surface area contributed by atoms with E-state index in [9.17, 15) is 4.79 Å². The van der Waals surface area contributed by atoms with Crippen LogP contribution < -0.4 is 5.32 Å². The third kappa shape index (κ3) is 4.45. The molecule has 0 atom stereocenters. The Morgan fingerprint density at radius 1 is 1.21 bits per heavy atom. The molecule has 0 aliphatic heterocycles. The van der Waals surface area contributed by atoms with Crippen LogP contribution in [0.2, 0.25) is 0 Å². The van der Waals surface area contributed by atoms with Crippen molar-refractivity contribution in [2.24, 2.45) is 0 Å². The van der Waals surface area contributed by atoms with Gasteiger partial charge in [0.25, 0.3) is 0 Å². The summed E-state index contributed by atoms with van der Waals surface area (Å²) < 4.78 is 10.1. The summed E-state index contributed by atoms with van der Waals surface area (Å²) in [6, 6.07) is 11.7. The van der Waals surface area contributed by atoms with E-state index in [1.54, 1.807) is 24.8 Å². The fraction of sp³-hybridized carbons (Fsp3) is 0.250. The number of nitrogens with one attached hydrogen (secondary N) is 1. The standard InChI is InChI=1S/C16H16N4O3S/c1-11-7-13(19-22-11)16-18-15(23-20-16)8-17-14(21)10-24-9-12-5-3-2-4-6-12/h2-7H,8-10H2,1H3,(H,17,21). The molecule has 2 aromatic heterocycles. The van der Waals surface area contributed by atoms with E-state index in [-0.39, 0.29) is 12.5 Å². The normalized spacial score (nSPS) is 10.7. The zero-order chi connectivity index (χ0) is 16.8. The fourth-order valence-corrected chi connectivity index (χ4v) is 2.78. The summed E-state index contributed by atoms with van der Waals surface area (Å²) in [6.45, 7) is 1.97. The van der Waals surface area contributed by atoms with Crippen molar-refractivity contribution in [3.63, 3.8) is 0 Å². The number of carbonyl (C=O) groups is 1. The van der Waals surface area contributed by atoms with Gasteiger partial charge in [-0.15, -0.1) is 11.8 Å². The highest BCUT2D eigenvalue weighted by Crippen LogP contribution is 2.15. The lowest BCUT2D eigenvalue weighted by atomic mass is 10.2. The van der Waals surface area contributed by atoms with Crippen LogP contribution in [0, 0.1) is 6.92 Å². The van der Waals surface area contributed by atoms with Crippen molar-refractivity contribution >= 4 is 17.7 Å². The summed E-state index contributed by atoms with van der Waals surface area (Å²) in [5.41, 5.74) is 1.70. The zero-order valence-electron chi connectivity index (χ0n) is 13.1. The molecule has 8 heteroatoms. The second-order valence-electron chi connectivity index (χ2n) is 5.09. The van der Waals surface area contributed by atoms with E-state index in [0.717, 1.165) is 5.75 Å². The molecule has 0 aliphatic carbocycles. The first-order valence-corrected chi connectivity index (χ1v) is 8.51. The molecule has 3 aromatic rings. The summed E-state index contributed by atoms with van der Waals surface area (Å²) >= 11 is 1.55. The van der Waals surface area contributed by atoms with Crippen LogP contribution >= 0.6 is 11.8 Å². The van der Waals surface area contributed by atoms with Crippen LogP contribution in [0.4, 0.5) is 0 Å². The number of amides is 1. The van der Waals surface area contributed by atoms with Gasteiger partial charge in [0.1, 0.15) is 5.76 Å². The molecule has 0 spiro atoms. The Bertz CT molecular complexity index is 801. The first kappa shape index (κ1) is 16.3. The Morgan fingerprint density at radius 3 is 2.79 bits per heavy atom. The number of aromatic nitrogens is 3. The highest BCUT2D eigenvalue weighted by Gasteiger charge is 2.13. The number of hydrogen-bond donors (Lipinski definition) is 1. The lowest BCUT2D eigenvalue weighted by molar-refractivity contribution is -0.118. The third-order valence-corrected chi connectivity index (χ3v) is 4.11. The molecule has 1 N–H and O–H groups in total. The quantitative estimate of drug-likeness (QED) is 0.704. The van der Waals surface area contributed by atoms with E-state index in [1.807, 2.05) is 30.3 Å². The molecule has 24 heavy (non-hydrogen) atoms. The lowest BCUT2D eigenvalue weighted by Gasteiger charge is -2.02. The van der Waals surface area contributed by atoms with Gasteiger partial charge < -0.3 is 14.4 Å². The number of hydrogen-bond acceptors (Lipinski definition) is 7. The summed E-state index contributed by atoms with van der Waals surface area (Å²) in [4.78, 5) is 16.0. The van der Waals surface area contributed by atoms with Gasteiger partial charge in [-0.3, -0.25) is 4.79 Å². The minimum Gasteiger partial charge on any atom is -0.361 e. The Hall–Kier alpha value is -2.61. The van der Waals surface area contributed by atoms with Crippen molar-refractivity contribution in [1.82, 2.24) is 20.6 Å². The molecule has 0 unspecified atom stereocenters. The van der Waals surface area contributed by atoms with Crippen molar-refractivity contribution in [3.05, 3.63) is 53.6 Å². The van der Waals surface area contributed by atoms with Crippen molar-refractivity contribution < 1.29 is 13.8 Å². The maximum Gasteiger partial charge on any atom is 0.246 e. The molecular formula is C16H16N4O3S. The van der Waals surface area contributed by atoms with Crippen LogP contribution in [0.25, 0.3) is 11.5 Å². The maximum absolute atomic E-state index is 11.8. The summed E-state index contributed by atoms with van der Waals surface area (Å²) in [7, 11) is 0. The average Bonchev–Trinajstić information content (AvgIpc) is 3.23. The smallest absolute Gasteiger partial charge is 0.246 e. The number of aryl methyl sites for hydroxylation is 1. The predicted octanol–water partition coefficient (Wildman–Crippen LogP) is 2.58. The number of carbonyl (C=O) groups excluding carboxylic acids is 1. The van der Waals surface area contributed by atoms with Gasteiger partial charge in [0.2, 0.25) is 17.6 Å². The molecule has 3 rings (SSSR count). The van der Waals surface area contributed by atoms with Gasteiger partial charge in [0.05, 0.1) is 12.3 Å². The van der Waals surface area contributed by atoms with Crippen LogP contribution in [-0.2, 0) is 17.1 Å². The number of nitrogens with zero attached hydrogens (tertiary/aromatic N) is 3. The van der Waals surface area contributed by atoms with Gasteiger partial charge in [-0.2, -0.15) is 4.98 Å². The van der Waals surface area contributed by atoms with Crippen molar-refractivity contribution in [1.29, 1.82) is 0 Å². The first-order valence-electron chi connectivity index (χ1n) is 7.35. The third-order valence-electron chi connectivity index (χ3n) is 3.11. The molecular weight excluding hydrogens is 328 g/mol. The summed E-state index contributed by atoms with van der Waals surface area (Å²) in [5, 5.41) is 10.4. The topological polar surface area (TPSA) is 94.1 Å². The van der Waals surface area contributed by atoms with Crippen LogP contribution in [0.3, 0.4) is 0 Å². The van der Waals surface area contributed by atoms with Crippen LogP contribution in [0.15, 0.2) is 45.4 Å². The number of rotatable bonds is 7. The molecule has 0 saturated carbocycles. The fourth-order valence-electron chi connectivity index (χ4n) is 1.96. The van der Waals surface area contributed by atoms with Gasteiger partial charge in [0, 0.05) is 11.8 Å². The largest absolute Gasteiger partial charge is 0.361 e. The average molecular weight is 344 g/mol. The molecule has 0 bridgehead atoms. The van der Waals surface area contributed by atoms with Crippen LogP contribution in [0.1, 0.15) is 17.2 Å². The molecule has 124 valence electrons. The first-order chi connectivity index (χ1) is 11.7. The highest BCUT2D eigenvalue weighted by atomic mass is 32.2. The highest BCUT2D eigenvalue weighted by molar-refractivity contribution is 7.99. The van der Waals surface area contributed by atoms with E-state index in [4.69, 9.17) is 9.05 Å². The minimum atomic E-state index is -0.0760. The molecule has 0 radical (unpaired) electrons. The summed E-state index contributed by atoms with van der Waals surface area (Å²) in [6.07, 6.45) is 0. The molecule has 0 fully saturated rings. The molecule has 1 amide bonds. The van der Waals surface area contributed by atoms with Gasteiger partial charge in [-0.1, -0.05) is 40.6 Å². The molecule has 0 saturated heterocycles. The van der Waals surface area contributed by atoms with Crippen LogP contribution in [0.5, 0.6) is 0 Å². The van der Waals surface area contributed by atoms with E-state index in [1.165, 1.54) is 5.56 Å². The number of thioether (sulfide) groups is 1. The zero-order valence-corrected chi connectivity index (χ0v) is 13.9. The van der Waals surface area contributed by atoms with Crippen molar-refractivity contribution in [3.8, 4) is 11.5 Å². The second-order valence-corrected chi connectivity index (χ2v) is 6.08. The summed E-state index contributed by atoms with van der Waals surface area (Å²) in [5.74, 6) is 2.43. The molecule has 1 aromatic carbocycles. The van der Waals surface area contributed by atoms with Crippen LogP contribution in [-0.4, -0.2) is 27.0 Å². The van der Waals surface area contributed by atoms with E-state index < -0.39 is 0 Å². The Morgan fingerprint density at radius 2 is 2.04 bits per heavy atom. The maximum atomic E-state index is 11.8. The predicted molar refractivity (Wildman–Crippen MR) is 89.0 cm³/mol. The van der Waals surface area contributed by atoms with E-state index in [2.05, 4.69) is 20.6 Å². The van der Waals surface area contributed by atoms with E-state index >= 15 is 0 Å². The SMILES string of the molecule is Cc1cc(-c2noc(CNC(=O)CSCc3ccccc3)n2)no1. The van der Waals surface area contributed by atoms with E-state index in [0.29, 0.717) is 28.9 Å². The monoisotopic (exact) mass is 344 g/mol. The number of benzene rings is 1. The van der Waals surface area contributed by atoms with Gasteiger partial charge in [-0.05, 0) is 12.5 Å². The van der Waals surface area contributed by atoms with Crippen molar-refractivity contribution in [2.45, 2.75) is 19.2 Å². The van der Waals surface area contributed by atoms with Gasteiger partial charge >= 0.3 is 0 Å². The Kier molecular flexibility index (Phi) is 5.27. The Balaban J connectivity index is 1.42. The molecule has 2 heterocycles. The second kappa shape index (κ2) is 7.78. The molecule has 0 aliphatic rings. The van der Waals surface area contributed by atoms with Crippen molar-refractivity contribution in [2.75, 3.05) is 5.75 Å².